The second-order valence-electron chi connectivity index (χ2n) is 9.53. The number of nitrogens with zero attached hydrogens (tertiary/aromatic N) is 3. The number of carbonyl (C=O) groups is 1. The van der Waals surface area contributed by atoms with E-state index in [1.54, 1.807) is 7.11 Å². The molecule has 0 bridgehead atoms. The lowest BCUT2D eigenvalue weighted by Crippen LogP contribution is -2.36. The van der Waals surface area contributed by atoms with Gasteiger partial charge in [0.05, 0.1) is 17.6 Å². The zero-order valence-electron chi connectivity index (χ0n) is 22.1. The first-order valence-electron chi connectivity index (χ1n) is 13.1. The Bertz CT molecular complexity index is 1400. The number of fused-ring (bicyclic) bond motifs is 1. The van der Waals surface area contributed by atoms with E-state index in [1.807, 2.05) is 55.3 Å². The van der Waals surface area contributed by atoms with Crippen LogP contribution in [0.1, 0.15) is 52.6 Å². The van der Waals surface area contributed by atoms with Crippen LogP contribution in [0.2, 0.25) is 0 Å². The maximum absolute atomic E-state index is 12.9. The number of amides is 1. The summed E-state index contributed by atoms with van der Waals surface area (Å²) in [6, 6.07) is 22.6. The Balaban J connectivity index is 1.49. The third kappa shape index (κ3) is 5.26. The third-order valence-corrected chi connectivity index (χ3v) is 7.93. The van der Waals surface area contributed by atoms with Crippen LogP contribution in [0, 0.1) is 0 Å². The highest BCUT2D eigenvalue weighted by atomic mass is 79.9. The Kier molecular flexibility index (Phi) is 7.95. The van der Waals surface area contributed by atoms with Crippen molar-refractivity contribution in [1.29, 1.82) is 0 Å². The first-order chi connectivity index (χ1) is 18.5. The van der Waals surface area contributed by atoms with E-state index in [9.17, 15) is 4.79 Å². The van der Waals surface area contributed by atoms with E-state index >= 15 is 0 Å². The van der Waals surface area contributed by atoms with Gasteiger partial charge in [0, 0.05) is 49.2 Å². The maximum Gasteiger partial charge on any atom is 0.253 e. The first-order valence-corrected chi connectivity index (χ1v) is 13.9. The van der Waals surface area contributed by atoms with E-state index in [4.69, 9.17) is 4.74 Å². The summed E-state index contributed by atoms with van der Waals surface area (Å²) >= 11 is 3.66. The van der Waals surface area contributed by atoms with Crippen molar-refractivity contribution in [2.45, 2.75) is 32.9 Å². The number of halogens is 1. The molecule has 1 N–H and O–H groups in total. The fraction of sp³-hybridized carbons (Fsp3) is 0.290. The number of rotatable bonds is 8. The number of methoxy groups -OCH3 is 1. The van der Waals surface area contributed by atoms with E-state index in [0.717, 1.165) is 57.9 Å². The molecule has 1 unspecified atom stereocenters. The predicted molar refractivity (Wildman–Crippen MR) is 154 cm³/mol. The highest BCUT2D eigenvalue weighted by molar-refractivity contribution is 9.10. The van der Waals surface area contributed by atoms with E-state index in [1.165, 1.54) is 11.1 Å². The second-order valence-corrected chi connectivity index (χ2v) is 10.4. The van der Waals surface area contributed by atoms with Gasteiger partial charge in [0.2, 0.25) is 0 Å². The van der Waals surface area contributed by atoms with Gasteiger partial charge >= 0.3 is 0 Å². The second kappa shape index (κ2) is 11.5. The summed E-state index contributed by atoms with van der Waals surface area (Å²) in [6.07, 6.45) is 2.87. The third-order valence-electron chi connectivity index (χ3n) is 7.31. The number of imidazole rings is 1. The first kappa shape index (κ1) is 26.2. The molecule has 7 heteroatoms. The van der Waals surface area contributed by atoms with E-state index in [0.29, 0.717) is 13.1 Å². The van der Waals surface area contributed by atoms with Gasteiger partial charge < -0.3 is 14.6 Å². The summed E-state index contributed by atoms with van der Waals surface area (Å²) in [5, 5.41) is 0. The molecular formula is C31H33BrN4O2. The molecule has 1 amide bonds. The Morgan fingerprint density at radius 1 is 1.11 bits per heavy atom. The number of nitrogens with one attached hydrogen (secondary N) is 1. The van der Waals surface area contributed by atoms with Gasteiger partial charge in [-0.3, -0.25) is 9.69 Å². The summed E-state index contributed by atoms with van der Waals surface area (Å²) in [6.45, 7) is 7.04. The molecule has 4 aromatic rings. The number of aromatic amines is 1. The van der Waals surface area contributed by atoms with E-state index in [-0.39, 0.29) is 11.9 Å². The summed E-state index contributed by atoms with van der Waals surface area (Å²) in [7, 11) is 1.70. The van der Waals surface area contributed by atoms with Gasteiger partial charge in [0.15, 0.2) is 0 Å². The number of ether oxygens (including phenoxy) is 1. The minimum absolute atomic E-state index is 0.0156. The maximum atomic E-state index is 12.9. The monoisotopic (exact) mass is 572 g/mol. The Morgan fingerprint density at radius 3 is 2.53 bits per heavy atom. The molecule has 3 aromatic carbocycles. The molecule has 0 aliphatic carbocycles. The highest BCUT2D eigenvalue weighted by Gasteiger charge is 2.31. The molecule has 1 aliphatic heterocycles. The molecule has 0 saturated heterocycles. The molecule has 5 rings (SSSR count). The lowest BCUT2D eigenvalue weighted by atomic mass is 9.87. The Labute approximate surface area is 232 Å². The van der Waals surface area contributed by atoms with Gasteiger partial charge in [0.25, 0.3) is 5.91 Å². The number of aromatic nitrogens is 2. The molecule has 6 nitrogen and oxygen atoms in total. The van der Waals surface area contributed by atoms with Crippen molar-refractivity contribution in [3.05, 3.63) is 105 Å². The summed E-state index contributed by atoms with van der Waals surface area (Å²) in [5.41, 5.74) is 6.53. The van der Waals surface area contributed by atoms with E-state index < -0.39 is 0 Å². The zero-order chi connectivity index (χ0) is 26.6. The number of hydrogen-bond acceptors (Lipinski definition) is 4. The fourth-order valence-electron chi connectivity index (χ4n) is 5.29. The van der Waals surface area contributed by atoms with Crippen molar-refractivity contribution >= 4 is 21.8 Å². The molecule has 0 radical (unpaired) electrons. The molecule has 1 aliphatic rings. The van der Waals surface area contributed by atoms with Crippen molar-refractivity contribution in [2.75, 3.05) is 26.7 Å². The standard InChI is InChI=1S/C31H33BrN4O2/c1-4-35(5-2)31(37)23-13-11-21(12-14-23)29-26-18-28(38-3)27(32)17-24(26)15-16-36(29)20-25-19-33-30(34-25)22-9-7-6-8-10-22/h6-14,17-19,29H,4-5,15-16,20H2,1-3H3,(H,33,34). The van der Waals surface area contributed by atoms with Crippen LogP contribution in [0.15, 0.2) is 77.4 Å². The molecule has 0 fully saturated rings. The molecule has 1 atom stereocenters. The Morgan fingerprint density at radius 2 is 1.84 bits per heavy atom. The molecule has 0 spiro atoms. The van der Waals surface area contributed by atoms with Crippen LogP contribution >= 0.6 is 15.9 Å². The van der Waals surface area contributed by atoms with Gasteiger partial charge in [-0.2, -0.15) is 0 Å². The Hall–Kier alpha value is -3.42. The molecule has 196 valence electrons. The quantitative estimate of drug-likeness (QED) is 0.262. The van der Waals surface area contributed by atoms with Crippen molar-refractivity contribution in [2.24, 2.45) is 0 Å². The number of hydrogen-bond donors (Lipinski definition) is 1. The molecule has 2 heterocycles. The normalized spacial score (nSPS) is 15.2. The van der Waals surface area contributed by atoms with Gasteiger partial charge in [-0.05, 0) is 77.2 Å². The van der Waals surface area contributed by atoms with Gasteiger partial charge in [0.1, 0.15) is 11.6 Å². The average molecular weight is 574 g/mol. The fourth-order valence-corrected chi connectivity index (χ4v) is 5.84. The lowest BCUT2D eigenvalue weighted by molar-refractivity contribution is 0.0773. The largest absolute Gasteiger partial charge is 0.496 e. The zero-order valence-corrected chi connectivity index (χ0v) is 23.7. The van der Waals surface area contributed by atoms with Gasteiger partial charge in [-0.25, -0.2) is 4.98 Å². The topological polar surface area (TPSA) is 61.5 Å². The number of carbonyl (C=O) groups excluding carboxylic acids is 1. The minimum Gasteiger partial charge on any atom is -0.496 e. The SMILES string of the molecule is CCN(CC)C(=O)c1ccc(C2c3cc(OC)c(Br)cc3CCN2Cc2cnc(-c3ccccc3)[nH]2)cc1. The summed E-state index contributed by atoms with van der Waals surface area (Å²) in [5.74, 6) is 1.76. The van der Waals surface area contributed by atoms with Crippen molar-refractivity contribution < 1.29 is 9.53 Å². The van der Waals surface area contributed by atoms with Crippen LogP contribution in [0.4, 0.5) is 0 Å². The molecule has 38 heavy (non-hydrogen) atoms. The van der Waals surface area contributed by atoms with Crippen LogP contribution < -0.4 is 4.74 Å². The molecule has 0 saturated carbocycles. The lowest BCUT2D eigenvalue weighted by Gasteiger charge is -2.38. The van der Waals surface area contributed by atoms with Gasteiger partial charge in [-0.15, -0.1) is 0 Å². The van der Waals surface area contributed by atoms with Crippen LogP contribution in [-0.2, 0) is 13.0 Å². The van der Waals surface area contributed by atoms with Crippen molar-refractivity contribution in [1.82, 2.24) is 19.8 Å². The average Bonchev–Trinajstić information content (AvgIpc) is 3.42. The van der Waals surface area contributed by atoms with Crippen LogP contribution in [0.3, 0.4) is 0 Å². The van der Waals surface area contributed by atoms with Crippen molar-refractivity contribution in [3.63, 3.8) is 0 Å². The summed E-state index contributed by atoms with van der Waals surface area (Å²) in [4.78, 5) is 25.4. The minimum atomic E-state index is 0.0156. The predicted octanol–water partition coefficient (Wildman–Crippen LogP) is 6.48. The summed E-state index contributed by atoms with van der Waals surface area (Å²) < 4.78 is 6.64. The highest BCUT2D eigenvalue weighted by Crippen LogP contribution is 2.40. The van der Waals surface area contributed by atoms with Crippen LogP contribution in [0.5, 0.6) is 5.75 Å². The van der Waals surface area contributed by atoms with Crippen LogP contribution in [-0.4, -0.2) is 52.4 Å². The molecule has 1 aromatic heterocycles. The smallest absolute Gasteiger partial charge is 0.253 e. The molecular weight excluding hydrogens is 540 g/mol. The van der Waals surface area contributed by atoms with Crippen molar-refractivity contribution in [3.8, 4) is 17.1 Å². The number of H-pyrrole nitrogens is 1. The van der Waals surface area contributed by atoms with Crippen LogP contribution in [0.25, 0.3) is 11.4 Å². The number of benzene rings is 3. The van der Waals surface area contributed by atoms with E-state index in [2.05, 4.69) is 67.2 Å². The van der Waals surface area contributed by atoms with Gasteiger partial charge in [-0.1, -0.05) is 42.5 Å².